The van der Waals surface area contributed by atoms with Gasteiger partial charge in [0.15, 0.2) is 0 Å². The number of nitrogens with one attached hydrogen (secondary N) is 1. The van der Waals surface area contributed by atoms with Crippen LogP contribution >= 0.6 is 0 Å². The van der Waals surface area contributed by atoms with E-state index in [-0.39, 0.29) is 0 Å². The molecule has 0 bridgehead atoms. The SMILES string of the molecule is CCNC12CCCC1C1CCC3C4(C)CC=C(c5ccc(C(=O)O)cc5)C(C)C4CCC3(C)[C@]1(C)CC2. The quantitative estimate of drug-likeness (QED) is 0.435. The summed E-state index contributed by atoms with van der Waals surface area (Å²) in [6.07, 6.45) is 16.3. The van der Waals surface area contributed by atoms with Crippen LogP contribution in [0.1, 0.15) is 115 Å². The summed E-state index contributed by atoms with van der Waals surface area (Å²) < 4.78 is 0. The zero-order valence-electron chi connectivity index (χ0n) is 23.9. The van der Waals surface area contributed by atoms with Crippen LogP contribution in [-0.4, -0.2) is 23.2 Å². The largest absolute Gasteiger partial charge is 0.478 e. The molecule has 3 heteroatoms. The molecule has 0 spiro atoms. The predicted octanol–water partition coefficient (Wildman–Crippen LogP) is 8.21. The van der Waals surface area contributed by atoms with E-state index in [0.717, 1.165) is 24.3 Å². The molecular weight excluding hydrogens is 454 g/mol. The second-order valence-electron chi connectivity index (χ2n) is 14.4. The summed E-state index contributed by atoms with van der Waals surface area (Å²) in [5, 5.41) is 13.4. The Bertz CT molecular complexity index is 1090. The summed E-state index contributed by atoms with van der Waals surface area (Å²) in [5.41, 5.74) is 4.71. The smallest absolute Gasteiger partial charge is 0.335 e. The summed E-state index contributed by atoms with van der Waals surface area (Å²) in [7, 11) is 0. The van der Waals surface area contributed by atoms with Gasteiger partial charge in [-0.25, -0.2) is 4.79 Å². The molecule has 5 aliphatic rings. The highest BCUT2D eigenvalue weighted by Crippen LogP contribution is 2.75. The van der Waals surface area contributed by atoms with Crippen LogP contribution < -0.4 is 5.32 Å². The van der Waals surface area contributed by atoms with Gasteiger partial charge in [-0.2, -0.15) is 0 Å². The Morgan fingerprint density at radius 1 is 0.919 bits per heavy atom. The van der Waals surface area contributed by atoms with Gasteiger partial charge < -0.3 is 10.4 Å². The maximum Gasteiger partial charge on any atom is 0.335 e. The van der Waals surface area contributed by atoms with Crippen molar-refractivity contribution in [3.05, 3.63) is 41.5 Å². The van der Waals surface area contributed by atoms with Gasteiger partial charge in [0.1, 0.15) is 0 Å². The Hall–Kier alpha value is -1.61. The van der Waals surface area contributed by atoms with Crippen molar-refractivity contribution < 1.29 is 9.90 Å². The summed E-state index contributed by atoms with van der Waals surface area (Å²) in [6, 6.07) is 7.62. The van der Waals surface area contributed by atoms with Gasteiger partial charge in [0.25, 0.3) is 0 Å². The van der Waals surface area contributed by atoms with Crippen LogP contribution in [0.4, 0.5) is 0 Å². The Morgan fingerprint density at radius 2 is 1.68 bits per heavy atom. The maximum absolute atomic E-state index is 11.4. The Labute approximate surface area is 224 Å². The number of rotatable bonds is 4. The zero-order valence-corrected chi connectivity index (χ0v) is 23.9. The number of carboxylic acids is 1. The molecule has 1 aromatic carbocycles. The molecule has 0 radical (unpaired) electrons. The van der Waals surface area contributed by atoms with Crippen LogP contribution in [0.5, 0.6) is 0 Å². The number of carbonyl (C=O) groups is 1. The van der Waals surface area contributed by atoms with Gasteiger partial charge in [-0.05, 0) is 133 Å². The fourth-order valence-electron chi connectivity index (χ4n) is 11.7. The minimum Gasteiger partial charge on any atom is -0.478 e. The topological polar surface area (TPSA) is 49.3 Å². The first-order valence-corrected chi connectivity index (χ1v) is 15.4. The zero-order chi connectivity index (χ0) is 26.2. The van der Waals surface area contributed by atoms with Gasteiger partial charge in [-0.15, -0.1) is 0 Å². The Balaban J connectivity index is 1.31. The van der Waals surface area contributed by atoms with Crippen LogP contribution in [0.25, 0.3) is 5.57 Å². The third kappa shape index (κ3) is 3.44. The van der Waals surface area contributed by atoms with E-state index in [2.05, 4.69) is 46.0 Å². The molecule has 4 saturated carbocycles. The molecule has 0 heterocycles. The van der Waals surface area contributed by atoms with Gasteiger partial charge >= 0.3 is 5.97 Å². The second kappa shape index (κ2) is 8.70. The van der Waals surface area contributed by atoms with E-state index in [1.165, 1.54) is 75.3 Å². The van der Waals surface area contributed by atoms with Crippen molar-refractivity contribution >= 4 is 11.5 Å². The van der Waals surface area contributed by atoms with E-state index >= 15 is 0 Å². The molecule has 1 aromatic rings. The van der Waals surface area contributed by atoms with Gasteiger partial charge in [-0.1, -0.05) is 59.2 Å². The van der Waals surface area contributed by atoms with Crippen molar-refractivity contribution in [2.24, 2.45) is 45.8 Å². The van der Waals surface area contributed by atoms with Gasteiger partial charge in [0.2, 0.25) is 0 Å². The molecule has 9 atom stereocenters. The first-order chi connectivity index (χ1) is 17.6. The van der Waals surface area contributed by atoms with Crippen LogP contribution in [0.2, 0.25) is 0 Å². The second-order valence-corrected chi connectivity index (χ2v) is 14.4. The van der Waals surface area contributed by atoms with Crippen molar-refractivity contribution in [2.75, 3.05) is 6.54 Å². The normalized spacial score (nSPS) is 46.7. The minimum atomic E-state index is -0.844. The lowest BCUT2D eigenvalue weighted by Crippen LogP contribution is -2.66. The lowest BCUT2D eigenvalue weighted by atomic mass is 9.34. The average molecular weight is 504 g/mol. The molecule has 37 heavy (non-hydrogen) atoms. The number of carboxylic acid groups (broad SMARTS) is 1. The van der Waals surface area contributed by atoms with Crippen LogP contribution in [0.3, 0.4) is 0 Å². The van der Waals surface area contributed by atoms with E-state index in [4.69, 9.17) is 0 Å². The first-order valence-electron chi connectivity index (χ1n) is 15.4. The standard InChI is InChI=1S/C34H49NO2/c1-6-35-34-17-7-8-28(34)27-13-14-29-31(3)18-15-25(23-9-11-24(12-10-23)30(36)37)22(2)26(31)16-19-33(29,5)32(27,4)20-21-34/h9-12,15,22,26-29,35H,6-8,13-14,16-21H2,1-5H3,(H,36,37)/t22?,26?,27?,28?,29?,31?,32-,33?,34?/m1/s1. The summed E-state index contributed by atoms with van der Waals surface area (Å²) in [5.74, 6) is 2.93. The van der Waals surface area contributed by atoms with Crippen LogP contribution in [0.15, 0.2) is 30.3 Å². The number of benzene rings is 1. The summed E-state index contributed by atoms with van der Waals surface area (Å²) in [6.45, 7) is 14.0. The molecule has 202 valence electrons. The molecule has 4 fully saturated rings. The Kier molecular flexibility index (Phi) is 6.03. The first kappa shape index (κ1) is 25.7. The fourth-order valence-corrected chi connectivity index (χ4v) is 11.7. The number of aromatic carboxylic acids is 1. The Morgan fingerprint density at radius 3 is 2.38 bits per heavy atom. The molecule has 3 nitrogen and oxygen atoms in total. The van der Waals surface area contributed by atoms with Crippen molar-refractivity contribution in [1.82, 2.24) is 5.32 Å². The highest BCUT2D eigenvalue weighted by molar-refractivity contribution is 5.88. The molecular formula is C34H49NO2. The summed E-state index contributed by atoms with van der Waals surface area (Å²) >= 11 is 0. The van der Waals surface area contributed by atoms with E-state index in [1.54, 1.807) is 12.1 Å². The molecule has 6 rings (SSSR count). The highest BCUT2D eigenvalue weighted by atomic mass is 16.4. The van der Waals surface area contributed by atoms with E-state index in [1.807, 2.05) is 12.1 Å². The molecule has 0 aromatic heterocycles. The van der Waals surface area contributed by atoms with Crippen molar-refractivity contribution in [2.45, 2.75) is 104 Å². The van der Waals surface area contributed by atoms with E-state index in [9.17, 15) is 9.90 Å². The van der Waals surface area contributed by atoms with Crippen LogP contribution in [-0.2, 0) is 0 Å². The molecule has 0 amide bonds. The molecule has 2 N–H and O–H groups in total. The summed E-state index contributed by atoms with van der Waals surface area (Å²) in [4.78, 5) is 11.4. The van der Waals surface area contributed by atoms with Crippen molar-refractivity contribution in [1.29, 1.82) is 0 Å². The number of hydrogen-bond acceptors (Lipinski definition) is 2. The number of fused-ring (bicyclic) bond motifs is 7. The number of allylic oxidation sites excluding steroid dienone is 2. The number of hydrogen-bond donors (Lipinski definition) is 2. The van der Waals surface area contributed by atoms with Crippen molar-refractivity contribution in [3.63, 3.8) is 0 Å². The third-order valence-electron chi connectivity index (χ3n) is 13.6. The monoisotopic (exact) mass is 503 g/mol. The van der Waals surface area contributed by atoms with Gasteiger partial charge in [-0.3, -0.25) is 0 Å². The lowest BCUT2D eigenvalue weighted by Gasteiger charge is -2.71. The highest BCUT2D eigenvalue weighted by Gasteiger charge is 2.68. The predicted molar refractivity (Wildman–Crippen MR) is 151 cm³/mol. The van der Waals surface area contributed by atoms with E-state index in [0.29, 0.717) is 39.2 Å². The van der Waals surface area contributed by atoms with Crippen LogP contribution in [0, 0.1) is 45.8 Å². The van der Waals surface area contributed by atoms with Gasteiger partial charge in [0.05, 0.1) is 5.56 Å². The molecule has 5 aliphatic carbocycles. The van der Waals surface area contributed by atoms with Gasteiger partial charge in [0, 0.05) is 5.54 Å². The molecule has 8 unspecified atom stereocenters. The molecule has 0 saturated heterocycles. The lowest BCUT2D eigenvalue weighted by molar-refractivity contribution is -0.211. The average Bonchev–Trinajstić information content (AvgIpc) is 3.29. The maximum atomic E-state index is 11.4. The molecule has 0 aliphatic heterocycles. The van der Waals surface area contributed by atoms with Crippen molar-refractivity contribution in [3.8, 4) is 0 Å². The fraction of sp³-hybridized carbons (Fsp3) is 0.735. The third-order valence-corrected chi connectivity index (χ3v) is 13.6. The minimum absolute atomic E-state index is 0.358. The van der Waals surface area contributed by atoms with E-state index < -0.39 is 5.97 Å².